The number of piperazine rings is 1. The highest BCUT2D eigenvalue weighted by Crippen LogP contribution is 2.35. The average molecular weight is 447 g/mol. The zero-order valence-electron chi connectivity index (χ0n) is 18.3. The molecule has 0 saturated carbocycles. The van der Waals surface area contributed by atoms with Crippen LogP contribution in [-0.2, 0) is 6.54 Å². The molecule has 2 aromatic rings. The van der Waals surface area contributed by atoms with Crippen molar-refractivity contribution in [3.8, 4) is 17.2 Å². The lowest BCUT2D eigenvalue weighted by atomic mass is 10.1. The van der Waals surface area contributed by atoms with Gasteiger partial charge in [0.05, 0.1) is 31.8 Å². The number of methoxy groups -OCH3 is 2. The minimum atomic E-state index is -0.597. The Labute approximate surface area is 185 Å². The first-order valence-electron chi connectivity index (χ1n) is 10.2. The molecule has 1 saturated heterocycles. The number of amides is 1. The summed E-state index contributed by atoms with van der Waals surface area (Å²) >= 11 is 0. The number of nitro benzene ring substituents is 1. The van der Waals surface area contributed by atoms with E-state index >= 15 is 0 Å². The van der Waals surface area contributed by atoms with E-state index in [9.17, 15) is 19.3 Å². The molecule has 2 aromatic carbocycles. The first-order chi connectivity index (χ1) is 15.4. The van der Waals surface area contributed by atoms with Gasteiger partial charge in [0.1, 0.15) is 5.56 Å². The maximum atomic E-state index is 13.9. The summed E-state index contributed by atoms with van der Waals surface area (Å²) in [5, 5.41) is 11.6. The maximum absolute atomic E-state index is 13.9. The van der Waals surface area contributed by atoms with E-state index in [1.165, 1.54) is 32.4 Å². The molecule has 0 radical (unpaired) electrons. The second-order valence-electron chi connectivity index (χ2n) is 7.25. The molecule has 3 rings (SSSR count). The van der Waals surface area contributed by atoms with Crippen molar-refractivity contribution >= 4 is 11.6 Å². The summed E-state index contributed by atoms with van der Waals surface area (Å²) in [7, 11) is 2.80. The molecule has 1 aliphatic heterocycles. The van der Waals surface area contributed by atoms with E-state index in [4.69, 9.17) is 14.2 Å². The molecule has 10 heteroatoms. The summed E-state index contributed by atoms with van der Waals surface area (Å²) in [6.45, 7) is 4.53. The van der Waals surface area contributed by atoms with Gasteiger partial charge in [-0.05, 0) is 24.6 Å². The van der Waals surface area contributed by atoms with Gasteiger partial charge in [0.2, 0.25) is 0 Å². The number of carbonyl (C=O) groups is 1. The normalized spacial score (nSPS) is 14.2. The van der Waals surface area contributed by atoms with Crippen molar-refractivity contribution in [1.29, 1.82) is 0 Å². The molecule has 0 aliphatic carbocycles. The Kier molecular flexibility index (Phi) is 7.47. The van der Waals surface area contributed by atoms with Gasteiger partial charge in [-0.2, -0.15) is 0 Å². The molecule has 0 atom stereocenters. The number of nitrogens with zero attached hydrogens (tertiary/aromatic N) is 3. The zero-order chi connectivity index (χ0) is 23.3. The van der Waals surface area contributed by atoms with Gasteiger partial charge in [0.15, 0.2) is 23.1 Å². The second-order valence-corrected chi connectivity index (χ2v) is 7.25. The third kappa shape index (κ3) is 5.08. The van der Waals surface area contributed by atoms with Gasteiger partial charge in [-0.15, -0.1) is 0 Å². The van der Waals surface area contributed by atoms with Crippen LogP contribution in [0.2, 0.25) is 0 Å². The molecule has 0 unspecified atom stereocenters. The van der Waals surface area contributed by atoms with Crippen LogP contribution in [0.1, 0.15) is 22.8 Å². The van der Waals surface area contributed by atoms with Crippen LogP contribution in [0.4, 0.5) is 10.1 Å². The molecule has 9 nitrogen and oxygen atoms in total. The number of rotatable bonds is 8. The molecule has 1 heterocycles. The topological polar surface area (TPSA) is 94.4 Å². The van der Waals surface area contributed by atoms with E-state index in [1.54, 1.807) is 24.0 Å². The van der Waals surface area contributed by atoms with Crippen LogP contribution in [0.5, 0.6) is 17.2 Å². The number of carbonyl (C=O) groups excluding carboxylic acids is 1. The lowest BCUT2D eigenvalue weighted by molar-refractivity contribution is -0.385. The monoisotopic (exact) mass is 447 g/mol. The predicted octanol–water partition coefficient (Wildman–Crippen LogP) is 3.11. The molecule has 0 aromatic heterocycles. The molecular weight excluding hydrogens is 421 g/mol. The van der Waals surface area contributed by atoms with Crippen LogP contribution in [0.15, 0.2) is 30.3 Å². The van der Waals surface area contributed by atoms with Gasteiger partial charge < -0.3 is 19.1 Å². The third-order valence-corrected chi connectivity index (χ3v) is 5.29. The highest BCUT2D eigenvalue weighted by Gasteiger charge is 2.30. The molecule has 172 valence electrons. The van der Waals surface area contributed by atoms with Crippen LogP contribution in [-0.4, -0.2) is 67.6 Å². The Hall–Kier alpha value is -3.40. The predicted molar refractivity (Wildman–Crippen MR) is 115 cm³/mol. The lowest BCUT2D eigenvalue weighted by Crippen LogP contribution is -2.48. The number of ether oxygens (including phenoxy) is 3. The molecule has 0 N–H and O–H groups in total. The van der Waals surface area contributed by atoms with Crippen LogP contribution >= 0.6 is 0 Å². The number of benzene rings is 2. The van der Waals surface area contributed by atoms with Crippen LogP contribution < -0.4 is 14.2 Å². The third-order valence-electron chi connectivity index (χ3n) is 5.29. The van der Waals surface area contributed by atoms with Crippen molar-refractivity contribution in [2.24, 2.45) is 0 Å². The smallest absolute Gasteiger partial charge is 0.286 e. The van der Waals surface area contributed by atoms with Gasteiger partial charge in [0, 0.05) is 38.8 Å². The molecule has 1 aliphatic rings. The maximum Gasteiger partial charge on any atom is 0.286 e. The van der Waals surface area contributed by atoms with Gasteiger partial charge in [-0.25, -0.2) is 4.39 Å². The van der Waals surface area contributed by atoms with Crippen molar-refractivity contribution in [2.45, 2.75) is 13.5 Å². The van der Waals surface area contributed by atoms with Gasteiger partial charge in [-0.1, -0.05) is 6.07 Å². The average Bonchev–Trinajstić information content (AvgIpc) is 2.79. The summed E-state index contributed by atoms with van der Waals surface area (Å²) < 4.78 is 29.5. The number of nitro groups is 1. The van der Waals surface area contributed by atoms with Crippen LogP contribution in [0, 0.1) is 15.9 Å². The van der Waals surface area contributed by atoms with Crippen molar-refractivity contribution in [3.05, 3.63) is 57.4 Å². The van der Waals surface area contributed by atoms with Gasteiger partial charge in [-0.3, -0.25) is 19.8 Å². The molecule has 1 fully saturated rings. The minimum Gasteiger partial charge on any atom is -0.494 e. The number of hydrogen-bond acceptors (Lipinski definition) is 7. The first kappa shape index (κ1) is 23.3. The molecular formula is C22H26FN3O6. The fourth-order valence-electron chi connectivity index (χ4n) is 3.65. The highest BCUT2D eigenvalue weighted by atomic mass is 19.1. The fourth-order valence-corrected chi connectivity index (χ4v) is 3.65. The van der Waals surface area contributed by atoms with Crippen molar-refractivity contribution < 1.29 is 28.3 Å². The van der Waals surface area contributed by atoms with Gasteiger partial charge in [0.25, 0.3) is 11.6 Å². The Balaban J connectivity index is 1.71. The van der Waals surface area contributed by atoms with Crippen molar-refractivity contribution in [3.63, 3.8) is 0 Å². The number of hydrogen-bond donors (Lipinski definition) is 0. The molecule has 0 bridgehead atoms. The van der Waals surface area contributed by atoms with Crippen LogP contribution in [0.3, 0.4) is 0 Å². The summed E-state index contributed by atoms with van der Waals surface area (Å²) in [5.41, 5.74) is 0.437. The van der Waals surface area contributed by atoms with E-state index in [0.29, 0.717) is 39.3 Å². The summed E-state index contributed by atoms with van der Waals surface area (Å²) in [5.74, 6) is -0.182. The van der Waals surface area contributed by atoms with Crippen LogP contribution in [0.25, 0.3) is 0 Å². The van der Waals surface area contributed by atoms with E-state index in [2.05, 4.69) is 4.90 Å². The van der Waals surface area contributed by atoms with Gasteiger partial charge >= 0.3 is 0 Å². The molecule has 0 spiro atoms. The first-order valence-corrected chi connectivity index (χ1v) is 10.2. The summed E-state index contributed by atoms with van der Waals surface area (Å²) in [6.07, 6.45) is 0. The summed E-state index contributed by atoms with van der Waals surface area (Å²) in [6, 6.07) is 7.41. The Morgan fingerprint density at radius 2 is 1.75 bits per heavy atom. The Bertz CT molecular complexity index is 992. The zero-order valence-corrected chi connectivity index (χ0v) is 18.3. The van der Waals surface area contributed by atoms with Crippen molar-refractivity contribution in [1.82, 2.24) is 9.80 Å². The number of halogens is 1. The van der Waals surface area contributed by atoms with E-state index in [-0.39, 0.29) is 28.5 Å². The van der Waals surface area contributed by atoms with E-state index < -0.39 is 16.6 Å². The van der Waals surface area contributed by atoms with E-state index in [0.717, 1.165) is 5.56 Å². The van der Waals surface area contributed by atoms with Crippen molar-refractivity contribution in [2.75, 3.05) is 47.0 Å². The fraction of sp³-hybridized carbons (Fsp3) is 0.409. The minimum absolute atomic E-state index is 0.0371. The van der Waals surface area contributed by atoms with E-state index in [1.807, 2.05) is 0 Å². The molecule has 1 amide bonds. The SMILES string of the molecule is CCOc1cc(C(=O)N2CCN(Cc3ccc(OC)c(F)c3)CC2)c([N+](=O)[O-])cc1OC. The standard InChI is InChI=1S/C22H26FN3O6/c1-4-32-21-12-16(18(26(28)29)13-20(21)31-3)22(27)25-9-7-24(8-10-25)14-15-5-6-19(30-2)17(23)11-15/h5-6,11-13H,4,7-10,14H2,1-3H3. The molecule has 32 heavy (non-hydrogen) atoms. The second kappa shape index (κ2) is 10.3. The quantitative estimate of drug-likeness (QED) is 0.453. The Morgan fingerprint density at radius 3 is 2.31 bits per heavy atom. The lowest BCUT2D eigenvalue weighted by Gasteiger charge is -2.34. The largest absolute Gasteiger partial charge is 0.494 e. The Morgan fingerprint density at radius 1 is 1.06 bits per heavy atom. The summed E-state index contributed by atoms with van der Waals surface area (Å²) in [4.78, 5) is 27.7. The highest BCUT2D eigenvalue weighted by molar-refractivity contribution is 5.99.